The summed E-state index contributed by atoms with van der Waals surface area (Å²) in [5.41, 5.74) is 1.70. The van der Waals surface area contributed by atoms with Crippen LogP contribution in [0.4, 0.5) is 0 Å². The molecule has 3 rings (SSSR count). The minimum absolute atomic E-state index is 0.291. The van der Waals surface area contributed by atoms with Crippen molar-refractivity contribution >= 4 is 22.8 Å². The first-order chi connectivity index (χ1) is 6.75. The third-order valence-electron chi connectivity index (χ3n) is 2.49. The summed E-state index contributed by atoms with van der Waals surface area (Å²) < 4.78 is 2.16. The lowest BCUT2D eigenvalue weighted by Gasteiger charge is -2.01. The van der Waals surface area contributed by atoms with Crippen molar-refractivity contribution < 1.29 is 0 Å². The second kappa shape index (κ2) is 2.67. The fourth-order valence-corrected chi connectivity index (χ4v) is 1.88. The van der Waals surface area contributed by atoms with E-state index >= 15 is 0 Å². The van der Waals surface area contributed by atoms with Crippen molar-refractivity contribution in [2.45, 2.75) is 25.8 Å². The molecule has 2 heterocycles. The summed E-state index contributed by atoms with van der Waals surface area (Å²) in [6.07, 6.45) is 4.11. The first-order valence-electron chi connectivity index (χ1n) is 4.63. The number of aromatic nitrogens is 4. The number of fused-ring (bicyclic) bond motifs is 1. The highest BCUT2D eigenvalue weighted by molar-refractivity contribution is 6.28. The Morgan fingerprint density at radius 2 is 2.21 bits per heavy atom. The van der Waals surface area contributed by atoms with Gasteiger partial charge in [0.05, 0.1) is 6.20 Å². The van der Waals surface area contributed by atoms with Gasteiger partial charge in [0, 0.05) is 6.04 Å². The van der Waals surface area contributed by atoms with E-state index < -0.39 is 0 Å². The van der Waals surface area contributed by atoms with Crippen molar-refractivity contribution in [3.63, 3.8) is 0 Å². The van der Waals surface area contributed by atoms with Gasteiger partial charge in [0.25, 0.3) is 0 Å². The monoisotopic (exact) mass is 208 g/mol. The third-order valence-corrected chi connectivity index (χ3v) is 2.67. The predicted octanol–water partition coefficient (Wildman–Crippen LogP) is 2.12. The van der Waals surface area contributed by atoms with Crippen LogP contribution in [-0.2, 0) is 0 Å². The highest BCUT2D eigenvalue weighted by Gasteiger charge is 2.27. The van der Waals surface area contributed by atoms with Gasteiger partial charge in [-0.2, -0.15) is 4.98 Å². The molecule has 0 N–H and O–H groups in total. The fraction of sp³-hybridized carbons (Fsp3) is 0.444. The zero-order valence-electron chi connectivity index (χ0n) is 7.74. The van der Waals surface area contributed by atoms with Crippen LogP contribution in [0.15, 0.2) is 6.20 Å². The molecule has 0 unspecified atom stereocenters. The van der Waals surface area contributed by atoms with Crippen LogP contribution in [0.5, 0.6) is 0 Å². The van der Waals surface area contributed by atoms with Crippen molar-refractivity contribution in [2.24, 2.45) is 0 Å². The largest absolute Gasteiger partial charge is 0.310 e. The highest BCUT2D eigenvalue weighted by atomic mass is 35.5. The molecule has 0 bridgehead atoms. The van der Waals surface area contributed by atoms with Crippen LogP contribution < -0.4 is 0 Å². The second-order valence-corrected chi connectivity index (χ2v) is 3.95. The number of rotatable bonds is 1. The Morgan fingerprint density at radius 1 is 1.43 bits per heavy atom. The highest BCUT2D eigenvalue weighted by Crippen LogP contribution is 2.37. The van der Waals surface area contributed by atoms with E-state index in [0.717, 1.165) is 17.0 Å². The molecule has 0 aliphatic heterocycles. The van der Waals surface area contributed by atoms with Gasteiger partial charge in [0.2, 0.25) is 5.28 Å². The van der Waals surface area contributed by atoms with Crippen molar-refractivity contribution in [3.8, 4) is 0 Å². The van der Waals surface area contributed by atoms with Crippen molar-refractivity contribution in [1.29, 1.82) is 0 Å². The second-order valence-electron chi connectivity index (χ2n) is 3.61. The zero-order valence-corrected chi connectivity index (χ0v) is 8.49. The molecule has 1 fully saturated rings. The minimum atomic E-state index is 0.291. The van der Waals surface area contributed by atoms with E-state index in [4.69, 9.17) is 11.6 Å². The predicted molar refractivity (Wildman–Crippen MR) is 53.3 cm³/mol. The molecular weight excluding hydrogens is 200 g/mol. The quantitative estimate of drug-likeness (QED) is 0.675. The van der Waals surface area contributed by atoms with Crippen LogP contribution in [-0.4, -0.2) is 19.5 Å². The zero-order chi connectivity index (χ0) is 9.71. The van der Waals surface area contributed by atoms with E-state index in [-0.39, 0.29) is 0 Å². The summed E-state index contributed by atoms with van der Waals surface area (Å²) in [4.78, 5) is 12.5. The summed E-state index contributed by atoms with van der Waals surface area (Å²) >= 11 is 5.76. The van der Waals surface area contributed by atoms with Crippen LogP contribution in [0, 0.1) is 6.92 Å². The number of hydrogen-bond donors (Lipinski definition) is 0. The lowest BCUT2D eigenvalue weighted by molar-refractivity contribution is 0.726. The van der Waals surface area contributed by atoms with Gasteiger partial charge in [-0.25, -0.2) is 9.97 Å². The van der Waals surface area contributed by atoms with E-state index in [1.54, 1.807) is 6.20 Å². The lowest BCUT2D eigenvalue weighted by Crippen LogP contribution is -1.98. The summed E-state index contributed by atoms with van der Waals surface area (Å²) in [6.45, 7) is 1.99. The molecule has 14 heavy (non-hydrogen) atoms. The van der Waals surface area contributed by atoms with E-state index in [1.165, 1.54) is 12.8 Å². The van der Waals surface area contributed by atoms with Gasteiger partial charge in [-0.15, -0.1) is 0 Å². The Hall–Kier alpha value is -1.16. The molecule has 5 heteroatoms. The minimum Gasteiger partial charge on any atom is -0.310 e. The molecule has 1 saturated carbocycles. The first kappa shape index (κ1) is 8.17. The standard InChI is InChI=1S/C9H9ClN4/c1-5-12-7-4-11-9(10)13-8(7)14(5)6-2-3-6/h4,6H,2-3H2,1H3. The van der Waals surface area contributed by atoms with Gasteiger partial charge in [0.15, 0.2) is 5.65 Å². The number of nitrogens with zero attached hydrogens (tertiary/aromatic N) is 4. The van der Waals surface area contributed by atoms with Crippen LogP contribution in [0.3, 0.4) is 0 Å². The van der Waals surface area contributed by atoms with Crippen molar-refractivity contribution in [1.82, 2.24) is 19.5 Å². The van der Waals surface area contributed by atoms with Gasteiger partial charge in [-0.1, -0.05) is 0 Å². The maximum absolute atomic E-state index is 5.76. The summed E-state index contributed by atoms with van der Waals surface area (Å²) in [7, 11) is 0. The number of halogens is 1. The van der Waals surface area contributed by atoms with Gasteiger partial charge in [-0.3, -0.25) is 0 Å². The molecule has 1 aliphatic rings. The first-order valence-corrected chi connectivity index (χ1v) is 5.00. The molecular formula is C9H9ClN4. The summed E-state index contributed by atoms with van der Waals surface area (Å²) in [6, 6.07) is 0.575. The van der Waals surface area contributed by atoms with Gasteiger partial charge in [-0.05, 0) is 31.4 Å². The summed E-state index contributed by atoms with van der Waals surface area (Å²) in [5.74, 6) is 0.999. The Bertz CT molecular complexity index is 501. The van der Waals surface area contributed by atoms with Crippen LogP contribution in [0.25, 0.3) is 11.2 Å². The molecule has 0 radical (unpaired) electrons. The number of aryl methyl sites for hydroxylation is 1. The lowest BCUT2D eigenvalue weighted by atomic mass is 10.5. The van der Waals surface area contributed by atoms with Crippen LogP contribution >= 0.6 is 11.6 Å². The van der Waals surface area contributed by atoms with E-state index in [9.17, 15) is 0 Å². The molecule has 0 atom stereocenters. The molecule has 72 valence electrons. The number of hydrogen-bond acceptors (Lipinski definition) is 3. The van der Waals surface area contributed by atoms with Gasteiger partial charge >= 0.3 is 0 Å². The van der Waals surface area contributed by atoms with E-state index in [1.807, 2.05) is 6.92 Å². The molecule has 2 aromatic heterocycles. The average molecular weight is 209 g/mol. The van der Waals surface area contributed by atoms with Crippen LogP contribution in [0.1, 0.15) is 24.7 Å². The molecule has 1 aliphatic carbocycles. The van der Waals surface area contributed by atoms with E-state index in [2.05, 4.69) is 19.5 Å². The normalized spacial score (nSPS) is 16.4. The molecule has 0 amide bonds. The summed E-state index contributed by atoms with van der Waals surface area (Å²) in [5, 5.41) is 0.291. The van der Waals surface area contributed by atoms with Crippen molar-refractivity contribution in [2.75, 3.05) is 0 Å². The SMILES string of the molecule is Cc1nc2cnc(Cl)nc2n1C1CC1. The number of imidazole rings is 1. The topological polar surface area (TPSA) is 43.6 Å². The molecule has 0 saturated heterocycles. The Morgan fingerprint density at radius 3 is 2.93 bits per heavy atom. The third kappa shape index (κ3) is 1.10. The van der Waals surface area contributed by atoms with E-state index in [0.29, 0.717) is 11.3 Å². The molecule has 4 nitrogen and oxygen atoms in total. The van der Waals surface area contributed by atoms with Gasteiger partial charge < -0.3 is 4.57 Å². The van der Waals surface area contributed by atoms with Gasteiger partial charge in [0.1, 0.15) is 11.3 Å². The Kier molecular flexibility index (Phi) is 1.56. The maximum Gasteiger partial charge on any atom is 0.224 e. The molecule has 0 spiro atoms. The Balaban J connectivity index is 2.34. The smallest absolute Gasteiger partial charge is 0.224 e. The molecule has 2 aromatic rings. The fourth-order valence-electron chi connectivity index (χ4n) is 1.75. The van der Waals surface area contributed by atoms with Crippen LogP contribution in [0.2, 0.25) is 5.28 Å². The van der Waals surface area contributed by atoms with Crippen molar-refractivity contribution in [3.05, 3.63) is 17.3 Å². The average Bonchev–Trinajstić information content (AvgIpc) is 2.90. The maximum atomic E-state index is 5.76. The molecule has 0 aromatic carbocycles. The Labute approximate surface area is 85.9 Å².